The summed E-state index contributed by atoms with van der Waals surface area (Å²) in [5, 5.41) is 8.60. The number of carbonyl (C=O) groups excluding carboxylic acids is 1. The fourth-order valence-electron chi connectivity index (χ4n) is 2.98. The molecule has 0 spiro atoms. The van der Waals surface area contributed by atoms with Crippen molar-refractivity contribution in [2.75, 3.05) is 19.8 Å². The Morgan fingerprint density at radius 1 is 1.26 bits per heavy atom. The van der Waals surface area contributed by atoms with E-state index in [9.17, 15) is 4.79 Å². The molecule has 2 heterocycles. The highest BCUT2D eigenvalue weighted by atomic mass is 16.5. The van der Waals surface area contributed by atoms with Crippen molar-refractivity contribution in [3.8, 4) is 5.69 Å². The maximum atomic E-state index is 12.8. The van der Waals surface area contributed by atoms with Crippen molar-refractivity contribution < 1.29 is 9.53 Å². The van der Waals surface area contributed by atoms with Crippen LogP contribution in [-0.4, -0.2) is 51.6 Å². The third-order valence-corrected chi connectivity index (χ3v) is 4.43. The summed E-state index contributed by atoms with van der Waals surface area (Å²) < 4.78 is 5.44. The van der Waals surface area contributed by atoms with Crippen LogP contribution in [-0.2, 0) is 4.74 Å². The summed E-state index contributed by atoms with van der Waals surface area (Å²) in [5.74, 6) is 0.435. The SMILES string of the molecule is O=C(c1cnn(-c2ccccc2)n1)N(CC1CCOC1)C1CC1. The van der Waals surface area contributed by atoms with Crippen LogP contribution < -0.4 is 0 Å². The molecule has 1 saturated heterocycles. The standard InChI is InChI=1S/C17H20N4O2/c22-17(20(14-6-7-14)11-13-8-9-23-12-13)16-10-18-21(19-16)15-4-2-1-3-5-15/h1-5,10,13-14H,6-9,11-12H2. The predicted octanol–water partition coefficient (Wildman–Crippen LogP) is 1.91. The average Bonchev–Trinajstić information content (AvgIpc) is 3.10. The zero-order valence-electron chi connectivity index (χ0n) is 13.0. The smallest absolute Gasteiger partial charge is 0.276 e. The Bertz CT molecular complexity index is 675. The first-order valence-electron chi connectivity index (χ1n) is 8.18. The van der Waals surface area contributed by atoms with Gasteiger partial charge in [0.2, 0.25) is 0 Å². The van der Waals surface area contributed by atoms with E-state index < -0.39 is 0 Å². The second-order valence-corrected chi connectivity index (χ2v) is 6.27. The van der Waals surface area contributed by atoms with Gasteiger partial charge in [-0.3, -0.25) is 4.79 Å². The van der Waals surface area contributed by atoms with Gasteiger partial charge >= 0.3 is 0 Å². The second-order valence-electron chi connectivity index (χ2n) is 6.27. The minimum atomic E-state index is -0.0124. The van der Waals surface area contributed by atoms with Gasteiger partial charge in [0.05, 0.1) is 18.5 Å². The Balaban J connectivity index is 1.51. The molecule has 1 aromatic carbocycles. The number of rotatable bonds is 5. The summed E-state index contributed by atoms with van der Waals surface area (Å²) in [5.41, 5.74) is 1.27. The van der Waals surface area contributed by atoms with Gasteiger partial charge in [0.1, 0.15) is 0 Å². The lowest BCUT2D eigenvalue weighted by Crippen LogP contribution is -2.37. The number of ether oxygens (including phenoxy) is 1. The third kappa shape index (κ3) is 3.12. The largest absolute Gasteiger partial charge is 0.381 e. The molecule has 1 aliphatic heterocycles. The summed E-state index contributed by atoms with van der Waals surface area (Å²) in [6, 6.07) is 10.0. The van der Waals surface area contributed by atoms with Crippen molar-refractivity contribution in [2.45, 2.75) is 25.3 Å². The minimum Gasteiger partial charge on any atom is -0.381 e. The summed E-state index contributed by atoms with van der Waals surface area (Å²) in [6.45, 7) is 2.33. The van der Waals surface area contributed by atoms with Gasteiger partial charge in [-0.2, -0.15) is 9.90 Å². The predicted molar refractivity (Wildman–Crippen MR) is 84.3 cm³/mol. The fourth-order valence-corrected chi connectivity index (χ4v) is 2.98. The molecule has 1 atom stereocenters. The zero-order valence-corrected chi connectivity index (χ0v) is 13.0. The Kier molecular flexibility index (Phi) is 3.83. The zero-order chi connectivity index (χ0) is 15.6. The van der Waals surface area contributed by atoms with Gasteiger partial charge in [-0.15, -0.1) is 5.10 Å². The van der Waals surface area contributed by atoms with Crippen molar-refractivity contribution >= 4 is 5.91 Å². The lowest BCUT2D eigenvalue weighted by molar-refractivity contribution is 0.0700. The van der Waals surface area contributed by atoms with E-state index in [0.717, 1.165) is 44.7 Å². The van der Waals surface area contributed by atoms with E-state index in [0.29, 0.717) is 17.7 Å². The van der Waals surface area contributed by atoms with E-state index >= 15 is 0 Å². The van der Waals surface area contributed by atoms with Crippen LogP contribution in [0.5, 0.6) is 0 Å². The minimum absolute atomic E-state index is 0.0124. The number of benzene rings is 1. The van der Waals surface area contributed by atoms with Crippen LogP contribution in [0, 0.1) is 5.92 Å². The number of carbonyl (C=O) groups is 1. The van der Waals surface area contributed by atoms with Gasteiger partial charge in [-0.25, -0.2) is 0 Å². The Morgan fingerprint density at radius 3 is 2.78 bits per heavy atom. The maximum Gasteiger partial charge on any atom is 0.276 e. The van der Waals surface area contributed by atoms with Crippen LogP contribution in [0.3, 0.4) is 0 Å². The van der Waals surface area contributed by atoms with Crippen LogP contribution in [0.25, 0.3) is 5.69 Å². The number of nitrogens with zero attached hydrogens (tertiary/aromatic N) is 4. The molecule has 2 aromatic rings. The highest BCUT2D eigenvalue weighted by Crippen LogP contribution is 2.30. The van der Waals surface area contributed by atoms with E-state index in [2.05, 4.69) is 10.2 Å². The molecule has 0 N–H and O–H groups in total. The Labute approximate surface area is 135 Å². The van der Waals surface area contributed by atoms with Crippen LogP contribution in [0.4, 0.5) is 0 Å². The van der Waals surface area contributed by atoms with Gasteiger partial charge in [0.25, 0.3) is 5.91 Å². The van der Waals surface area contributed by atoms with Gasteiger partial charge in [-0.1, -0.05) is 18.2 Å². The summed E-state index contributed by atoms with van der Waals surface area (Å²) >= 11 is 0. The van der Waals surface area contributed by atoms with Gasteiger partial charge in [-0.05, 0) is 31.4 Å². The molecule has 1 aliphatic carbocycles. The molecule has 1 saturated carbocycles. The van der Waals surface area contributed by atoms with Gasteiger partial charge < -0.3 is 9.64 Å². The van der Waals surface area contributed by atoms with E-state index in [-0.39, 0.29) is 5.91 Å². The van der Waals surface area contributed by atoms with Crippen LogP contribution in [0.1, 0.15) is 29.8 Å². The molecular formula is C17H20N4O2. The Hall–Kier alpha value is -2.21. The van der Waals surface area contributed by atoms with Crippen molar-refractivity contribution in [3.63, 3.8) is 0 Å². The quantitative estimate of drug-likeness (QED) is 0.846. The molecule has 2 aliphatic rings. The summed E-state index contributed by atoms with van der Waals surface area (Å²) in [4.78, 5) is 16.3. The first kappa shape index (κ1) is 14.4. The molecule has 0 bridgehead atoms. The third-order valence-electron chi connectivity index (χ3n) is 4.43. The summed E-state index contributed by atoms with van der Waals surface area (Å²) in [7, 11) is 0. The van der Waals surface area contributed by atoms with Crippen molar-refractivity contribution in [2.24, 2.45) is 5.92 Å². The highest BCUT2D eigenvalue weighted by Gasteiger charge is 2.36. The topological polar surface area (TPSA) is 60.2 Å². The first-order valence-corrected chi connectivity index (χ1v) is 8.18. The molecule has 1 aromatic heterocycles. The number of amides is 1. The molecule has 6 nitrogen and oxygen atoms in total. The van der Waals surface area contributed by atoms with Crippen LogP contribution >= 0.6 is 0 Å². The molecular weight excluding hydrogens is 292 g/mol. The maximum absolute atomic E-state index is 12.8. The van der Waals surface area contributed by atoms with Gasteiger partial charge in [0.15, 0.2) is 5.69 Å². The molecule has 6 heteroatoms. The van der Waals surface area contributed by atoms with E-state index in [1.54, 1.807) is 6.20 Å². The highest BCUT2D eigenvalue weighted by molar-refractivity contribution is 5.92. The van der Waals surface area contributed by atoms with E-state index in [1.165, 1.54) is 4.80 Å². The molecule has 1 amide bonds. The van der Waals surface area contributed by atoms with Crippen LogP contribution in [0.2, 0.25) is 0 Å². The van der Waals surface area contributed by atoms with Crippen molar-refractivity contribution in [1.29, 1.82) is 0 Å². The second kappa shape index (κ2) is 6.12. The van der Waals surface area contributed by atoms with Crippen molar-refractivity contribution in [1.82, 2.24) is 19.9 Å². The fraction of sp³-hybridized carbons (Fsp3) is 0.471. The lowest BCUT2D eigenvalue weighted by atomic mass is 10.1. The van der Waals surface area contributed by atoms with Crippen molar-refractivity contribution in [3.05, 3.63) is 42.2 Å². The molecule has 120 valence electrons. The molecule has 23 heavy (non-hydrogen) atoms. The van der Waals surface area contributed by atoms with E-state index in [4.69, 9.17) is 4.74 Å². The molecule has 2 fully saturated rings. The number of hydrogen-bond acceptors (Lipinski definition) is 4. The van der Waals surface area contributed by atoms with E-state index in [1.807, 2.05) is 35.2 Å². The number of aromatic nitrogens is 3. The number of hydrogen-bond donors (Lipinski definition) is 0. The average molecular weight is 312 g/mol. The lowest BCUT2D eigenvalue weighted by Gasteiger charge is -2.24. The first-order chi connectivity index (χ1) is 11.3. The number of para-hydroxylation sites is 1. The molecule has 1 unspecified atom stereocenters. The van der Waals surface area contributed by atoms with Gasteiger partial charge in [0, 0.05) is 25.1 Å². The monoisotopic (exact) mass is 312 g/mol. The summed E-state index contributed by atoms with van der Waals surface area (Å²) in [6.07, 6.45) is 4.78. The van der Waals surface area contributed by atoms with Crippen LogP contribution in [0.15, 0.2) is 36.5 Å². The molecule has 0 radical (unpaired) electrons. The molecule has 4 rings (SSSR count). The Morgan fingerprint density at radius 2 is 2.09 bits per heavy atom. The normalized spacial score (nSPS) is 20.6.